The molecule has 3 fully saturated rings. The number of fused-ring (bicyclic) bond motifs is 2. The molecular formula is C20H30O3. The third kappa shape index (κ3) is 2.80. The van der Waals surface area contributed by atoms with Crippen molar-refractivity contribution in [1.29, 1.82) is 0 Å². The number of hydrogen-bond donors (Lipinski definition) is 2. The molecule has 0 amide bonds. The molecule has 3 heteroatoms. The first kappa shape index (κ1) is 15.8. The summed E-state index contributed by atoms with van der Waals surface area (Å²) in [5, 5.41) is 19.9. The van der Waals surface area contributed by atoms with Gasteiger partial charge in [-0.3, -0.25) is 4.79 Å². The van der Waals surface area contributed by atoms with Gasteiger partial charge in [-0.25, -0.2) is 0 Å². The average Bonchev–Trinajstić information content (AvgIpc) is 2.57. The molecule has 0 aromatic rings. The van der Waals surface area contributed by atoms with Gasteiger partial charge in [-0.15, -0.1) is 0 Å². The zero-order valence-corrected chi connectivity index (χ0v) is 13.9. The van der Waals surface area contributed by atoms with E-state index in [9.17, 15) is 15.0 Å². The highest BCUT2D eigenvalue weighted by Gasteiger charge is 2.53. The highest BCUT2D eigenvalue weighted by Crippen LogP contribution is 2.55. The number of ketones is 1. The first-order chi connectivity index (χ1) is 11.1. The van der Waals surface area contributed by atoms with E-state index in [1.54, 1.807) is 0 Å². The Kier molecular flexibility index (Phi) is 4.36. The van der Waals surface area contributed by atoms with E-state index < -0.39 is 0 Å². The Morgan fingerprint density at radius 1 is 0.826 bits per heavy atom. The van der Waals surface area contributed by atoms with Gasteiger partial charge in [0.15, 0.2) is 0 Å². The highest BCUT2D eigenvalue weighted by molar-refractivity contribution is 5.85. The van der Waals surface area contributed by atoms with Gasteiger partial charge in [-0.05, 0) is 68.6 Å². The summed E-state index contributed by atoms with van der Waals surface area (Å²) in [6.07, 6.45) is 12.9. The van der Waals surface area contributed by atoms with E-state index in [0.717, 1.165) is 32.1 Å². The van der Waals surface area contributed by atoms with E-state index in [1.165, 1.54) is 19.3 Å². The van der Waals surface area contributed by atoms with Gasteiger partial charge in [-0.1, -0.05) is 25.0 Å². The fourth-order valence-corrected chi connectivity index (χ4v) is 6.31. The predicted molar refractivity (Wildman–Crippen MR) is 88.7 cm³/mol. The molecule has 4 rings (SSSR count). The van der Waals surface area contributed by atoms with Gasteiger partial charge < -0.3 is 10.2 Å². The molecule has 4 aliphatic rings. The van der Waals surface area contributed by atoms with Crippen LogP contribution < -0.4 is 0 Å². The van der Waals surface area contributed by atoms with Gasteiger partial charge in [-0.2, -0.15) is 0 Å². The lowest BCUT2D eigenvalue weighted by molar-refractivity contribution is -0.147. The van der Waals surface area contributed by atoms with Crippen LogP contribution in [-0.2, 0) is 4.79 Å². The van der Waals surface area contributed by atoms with Crippen molar-refractivity contribution in [2.45, 2.75) is 70.0 Å². The van der Waals surface area contributed by atoms with Crippen LogP contribution in [0.2, 0.25) is 0 Å². The van der Waals surface area contributed by atoms with Crippen LogP contribution in [0.15, 0.2) is 12.2 Å². The SMILES string of the molecule is O=C1C2CCCCC2C(C2C=CC(O)CC2)C2CCC(O)CC12. The third-order valence-corrected chi connectivity index (χ3v) is 7.29. The van der Waals surface area contributed by atoms with Gasteiger partial charge >= 0.3 is 0 Å². The summed E-state index contributed by atoms with van der Waals surface area (Å²) in [6, 6.07) is 0. The van der Waals surface area contributed by atoms with Crippen LogP contribution in [0.3, 0.4) is 0 Å². The Morgan fingerprint density at radius 3 is 2.39 bits per heavy atom. The maximum atomic E-state index is 13.1. The van der Waals surface area contributed by atoms with Crippen LogP contribution in [0.4, 0.5) is 0 Å². The molecule has 0 saturated heterocycles. The van der Waals surface area contributed by atoms with Crippen LogP contribution in [0.1, 0.15) is 57.8 Å². The Balaban J connectivity index is 1.65. The second-order valence-electron chi connectivity index (χ2n) is 8.47. The predicted octanol–water partition coefficient (Wildman–Crippen LogP) is 3.10. The zero-order valence-electron chi connectivity index (χ0n) is 13.9. The molecule has 3 saturated carbocycles. The lowest BCUT2D eigenvalue weighted by atomic mass is 9.51. The summed E-state index contributed by atoms with van der Waals surface area (Å²) < 4.78 is 0. The van der Waals surface area contributed by atoms with E-state index in [-0.39, 0.29) is 24.0 Å². The summed E-state index contributed by atoms with van der Waals surface area (Å²) in [5.41, 5.74) is 0. The maximum absolute atomic E-state index is 13.1. The molecule has 0 aromatic heterocycles. The molecule has 0 radical (unpaired) electrons. The van der Waals surface area contributed by atoms with Crippen molar-refractivity contribution in [1.82, 2.24) is 0 Å². The molecule has 23 heavy (non-hydrogen) atoms. The van der Waals surface area contributed by atoms with E-state index in [2.05, 4.69) is 6.08 Å². The molecular weight excluding hydrogens is 288 g/mol. The van der Waals surface area contributed by atoms with Crippen LogP contribution in [0.25, 0.3) is 0 Å². The van der Waals surface area contributed by atoms with Crippen LogP contribution in [-0.4, -0.2) is 28.2 Å². The van der Waals surface area contributed by atoms with E-state index in [4.69, 9.17) is 0 Å². The number of aliphatic hydroxyl groups is 2. The summed E-state index contributed by atoms with van der Waals surface area (Å²) in [4.78, 5) is 13.1. The van der Waals surface area contributed by atoms with Crippen molar-refractivity contribution in [2.24, 2.45) is 35.5 Å². The normalized spacial score (nSPS) is 50.3. The summed E-state index contributed by atoms with van der Waals surface area (Å²) in [7, 11) is 0. The van der Waals surface area contributed by atoms with Gasteiger partial charge in [0, 0.05) is 11.8 Å². The van der Waals surface area contributed by atoms with Gasteiger partial charge in [0.1, 0.15) is 5.78 Å². The number of Topliss-reactive ketones (excluding diaryl/α,β-unsaturated/α-hetero) is 1. The van der Waals surface area contributed by atoms with E-state index in [0.29, 0.717) is 35.9 Å². The fourth-order valence-electron chi connectivity index (χ4n) is 6.31. The van der Waals surface area contributed by atoms with E-state index in [1.807, 2.05) is 6.08 Å². The molecule has 0 aliphatic heterocycles. The lowest BCUT2D eigenvalue weighted by Gasteiger charge is -2.53. The molecule has 0 aromatic carbocycles. The second-order valence-corrected chi connectivity index (χ2v) is 8.47. The lowest BCUT2D eigenvalue weighted by Crippen LogP contribution is -2.53. The number of carbonyl (C=O) groups excluding carboxylic acids is 1. The van der Waals surface area contributed by atoms with Crippen molar-refractivity contribution < 1.29 is 15.0 Å². The van der Waals surface area contributed by atoms with Crippen molar-refractivity contribution in [3.63, 3.8) is 0 Å². The van der Waals surface area contributed by atoms with Crippen LogP contribution >= 0.6 is 0 Å². The second kappa shape index (κ2) is 6.33. The molecule has 2 N–H and O–H groups in total. The average molecular weight is 318 g/mol. The van der Waals surface area contributed by atoms with Crippen molar-refractivity contribution >= 4 is 5.78 Å². The minimum absolute atomic E-state index is 0.100. The van der Waals surface area contributed by atoms with E-state index >= 15 is 0 Å². The number of carbonyl (C=O) groups is 1. The maximum Gasteiger partial charge on any atom is 0.139 e. The molecule has 0 bridgehead atoms. The smallest absolute Gasteiger partial charge is 0.139 e. The van der Waals surface area contributed by atoms with Crippen molar-refractivity contribution in [2.75, 3.05) is 0 Å². The van der Waals surface area contributed by atoms with Gasteiger partial charge in [0.05, 0.1) is 12.2 Å². The van der Waals surface area contributed by atoms with Crippen LogP contribution in [0.5, 0.6) is 0 Å². The standard InChI is InChI=1S/C20H30O3/c21-13-7-5-12(6-8-13)19-15-3-1-2-4-17(15)20(23)18-11-14(22)9-10-16(18)19/h5,7,12-19,21-22H,1-4,6,8-11H2. The minimum Gasteiger partial charge on any atom is -0.393 e. The van der Waals surface area contributed by atoms with Gasteiger partial charge in [0.2, 0.25) is 0 Å². The first-order valence-electron chi connectivity index (χ1n) is 9.73. The zero-order chi connectivity index (χ0) is 16.0. The summed E-state index contributed by atoms with van der Waals surface area (Å²) in [6.45, 7) is 0. The topological polar surface area (TPSA) is 57.5 Å². The minimum atomic E-state index is -0.275. The van der Waals surface area contributed by atoms with Crippen molar-refractivity contribution in [3.8, 4) is 0 Å². The largest absolute Gasteiger partial charge is 0.393 e. The molecule has 8 unspecified atom stereocenters. The first-order valence-corrected chi connectivity index (χ1v) is 9.73. The number of aliphatic hydroxyl groups excluding tert-OH is 2. The van der Waals surface area contributed by atoms with Crippen LogP contribution in [0, 0.1) is 35.5 Å². The number of hydrogen-bond acceptors (Lipinski definition) is 3. The van der Waals surface area contributed by atoms with Crippen molar-refractivity contribution in [3.05, 3.63) is 12.2 Å². The third-order valence-electron chi connectivity index (χ3n) is 7.29. The van der Waals surface area contributed by atoms with Gasteiger partial charge in [0.25, 0.3) is 0 Å². The number of allylic oxidation sites excluding steroid dienone is 1. The quantitative estimate of drug-likeness (QED) is 0.731. The Hall–Kier alpha value is -0.670. The molecule has 8 atom stereocenters. The Bertz CT molecular complexity index is 485. The summed E-state index contributed by atoms with van der Waals surface area (Å²) >= 11 is 0. The molecule has 4 aliphatic carbocycles. The molecule has 128 valence electrons. The monoisotopic (exact) mass is 318 g/mol. The Morgan fingerprint density at radius 2 is 1.61 bits per heavy atom. The molecule has 0 spiro atoms. The Labute approximate surface area is 139 Å². The number of rotatable bonds is 1. The summed E-state index contributed by atoms with van der Waals surface area (Å²) in [5.74, 6) is 2.98. The highest BCUT2D eigenvalue weighted by atomic mass is 16.3. The fraction of sp³-hybridized carbons (Fsp3) is 0.850. The molecule has 0 heterocycles. The molecule has 3 nitrogen and oxygen atoms in total.